The summed E-state index contributed by atoms with van der Waals surface area (Å²) in [5, 5.41) is 0. The van der Waals surface area contributed by atoms with Crippen molar-refractivity contribution in [3.8, 4) is 11.8 Å². The predicted octanol–water partition coefficient (Wildman–Crippen LogP) is 2.25. The van der Waals surface area contributed by atoms with Crippen molar-refractivity contribution >= 4 is 0 Å². The first-order chi connectivity index (χ1) is 7.13. The number of benzene rings is 1. The fraction of sp³-hybridized carbons (Fsp3) is 0.333. The molecule has 0 bridgehead atoms. The molecular weight excluding hydrogens is 196 g/mol. The van der Waals surface area contributed by atoms with Crippen molar-refractivity contribution in [2.45, 2.75) is 25.8 Å². The van der Waals surface area contributed by atoms with Gasteiger partial charge >= 0.3 is 0 Å². The lowest BCUT2D eigenvalue weighted by atomic mass is 10.0. The van der Waals surface area contributed by atoms with E-state index in [1.54, 1.807) is 6.92 Å². The zero-order valence-electron chi connectivity index (χ0n) is 8.56. The third-order valence-corrected chi connectivity index (χ3v) is 2.04. The van der Waals surface area contributed by atoms with Gasteiger partial charge in [-0.25, -0.2) is 8.78 Å². The summed E-state index contributed by atoms with van der Waals surface area (Å²) in [5.74, 6) is 4.43. The van der Waals surface area contributed by atoms with Gasteiger partial charge in [-0.2, -0.15) is 0 Å². The standard InChI is InChI=1S/C12H13F2N/c1-2-3-4-11(15)7-9-5-6-10(13)8-12(9)14/h5-6,8,11H,4,7,15H2,1H3. The third-order valence-electron chi connectivity index (χ3n) is 2.04. The van der Waals surface area contributed by atoms with Crippen LogP contribution in [0.5, 0.6) is 0 Å². The zero-order valence-corrected chi connectivity index (χ0v) is 8.56. The van der Waals surface area contributed by atoms with Crippen LogP contribution in [0.3, 0.4) is 0 Å². The molecule has 0 saturated heterocycles. The van der Waals surface area contributed by atoms with E-state index in [2.05, 4.69) is 11.8 Å². The Bertz CT molecular complexity index is 390. The Hall–Kier alpha value is -1.40. The van der Waals surface area contributed by atoms with Crippen LogP contribution < -0.4 is 5.73 Å². The zero-order chi connectivity index (χ0) is 11.3. The molecule has 1 nitrogen and oxygen atoms in total. The minimum absolute atomic E-state index is 0.211. The van der Waals surface area contributed by atoms with Gasteiger partial charge in [-0.1, -0.05) is 6.07 Å². The van der Waals surface area contributed by atoms with Crippen LogP contribution in [-0.4, -0.2) is 6.04 Å². The topological polar surface area (TPSA) is 26.0 Å². The summed E-state index contributed by atoms with van der Waals surface area (Å²) in [6, 6.07) is 3.31. The highest BCUT2D eigenvalue weighted by atomic mass is 19.1. The van der Waals surface area contributed by atoms with Gasteiger partial charge in [0.2, 0.25) is 0 Å². The van der Waals surface area contributed by atoms with E-state index < -0.39 is 11.6 Å². The molecule has 0 aliphatic heterocycles. The van der Waals surface area contributed by atoms with E-state index in [0.717, 1.165) is 6.07 Å². The predicted molar refractivity (Wildman–Crippen MR) is 56.1 cm³/mol. The van der Waals surface area contributed by atoms with Gasteiger partial charge in [0.25, 0.3) is 0 Å². The average Bonchev–Trinajstić information content (AvgIpc) is 2.19. The maximum atomic E-state index is 13.2. The highest BCUT2D eigenvalue weighted by Gasteiger charge is 2.08. The molecule has 0 amide bonds. The van der Waals surface area contributed by atoms with Gasteiger partial charge in [0.1, 0.15) is 11.6 Å². The van der Waals surface area contributed by atoms with Crippen molar-refractivity contribution in [3.63, 3.8) is 0 Å². The second kappa shape index (κ2) is 5.47. The number of rotatable bonds is 3. The summed E-state index contributed by atoms with van der Waals surface area (Å²) < 4.78 is 25.8. The van der Waals surface area contributed by atoms with Gasteiger partial charge < -0.3 is 5.73 Å². The van der Waals surface area contributed by atoms with E-state index in [1.165, 1.54) is 12.1 Å². The monoisotopic (exact) mass is 209 g/mol. The Morgan fingerprint density at radius 3 is 2.73 bits per heavy atom. The highest BCUT2D eigenvalue weighted by molar-refractivity contribution is 5.20. The van der Waals surface area contributed by atoms with Gasteiger partial charge in [-0.05, 0) is 25.0 Å². The maximum Gasteiger partial charge on any atom is 0.129 e. The second-order valence-corrected chi connectivity index (χ2v) is 3.33. The first-order valence-electron chi connectivity index (χ1n) is 4.72. The Kier molecular flexibility index (Phi) is 4.26. The van der Waals surface area contributed by atoms with Crippen LogP contribution in [0.15, 0.2) is 18.2 Å². The fourth-order valence-electron chi connectivity index (χ4n) is 1.28. The molecule has 80 valence electrons. The number of nitrogens with two attached hydrogens (primary N) is 1. The van der Waals surface area contributed by atoms with E-state index in [1.807, 2.05) is 0 Å². The van der Waals surface area contributed by atoms with Gasteiger partial charge in [0, 0.05) is 18.5 Å². The second-order valence-electron chi connectivity index (χ2n) is 3.33. The van der Waals surface area contributed by atoms with Crippen LogP contribution in [0.4, 0.5) is 8.78 Å². The van der Waals surface area contributed by atoms with Gasteiger partial charge in [-0.15, -0.1) is 11.8 Å². The van der Waals surface area contributed by atoms with Crippen LogP contribution in [0.25, 0.3) is 0 Å². The molecule has 0 fully saturated rings. The highest BCUT2D eigenvalue weighted by Crippen LogP contribution is 2.11. The van der Waals surface area contributed by atoms with E-state index in [4.69, 9.17) is 5.73 Å². The molecular formula is C12H13F2N. The van der Waals surface area contributed by atoms with Gasteiger partial charge in [0.05, 0.1) is 0 Å². The lowest BCUT2D eigenvalue weighted by Gasteiger charge is -2.08. The van der Waals surface area contributed by atoms with E-state index in [9.17, 15) is 8.78 Å². The fourth-order valence-corrected chi connectivity index (χ4v) is 1.28. The van der Waals surface area contributed by atoms with Crippen molar-refractivity contribution in [2.24, 2.45) is 5.73 Å². The molecule has 0 spiro atoms. The smallest absolute Gasteiger partial charge is 0.129 e. The van der Waals surface area contributed by atoms with Crippen LogP contribution in [0, 0.1) is 23.5 Å². The van der Waals surface area contributed by atoms with E-state index in [0.29, 0.717) is 18.4 Å². The van der Waals surface area contributed by atoms with Crippen molar-refractivity contribution in [3.05, 3.63) is 35.4 Å². The van der Waals surface area contributed by atoms with Crippen molar-refractivity contribution in [2.75, 3.05) is 0 Å². The summed E-state index contributed by atoms with van der Waals surface area (Å²) in [7, 11) is 0. The molecule has 15 heavy (non-hydrogen) atoms. The third kappa shape index (κ3) is 3.69. The van der Waals surface area contributed by atoms with Crippen molar-refractivity contribution in [1.29, 1.82) is 0 Å². The largest absolute Gasteiger partial charge is 0.327 e. The first-order valence-corrected chi connectivity index (χ1v) is 4.72. The summed E-state index contributed by atoms with van der Waals surface area (Å²) >= 11 is 0. The lowest BCUT2D eigenvalue weighted by Crippen LogP contribution is -2.22. The molecule has 0 radical (unpaired) electrons. The molecule has 2 N–H and O–H groups in total. The van der Waals surface area contributed by atoms with Crippen molar-refractivity contribution < 1.29 is 8.78 Å². The summed E-state index contributed by atoms with van der Waals surface area (Å²) in [6.07, 6.45) is 0.897. The number of hydrogen-bond donors (Lipinski definition) is 1. The Morgan fingerprint density at radius 2 is 2.13 bits per heavy atom. The van der Waals surface area contributed by atoms with Crippen LogP contribution in [-0.2, 0) is 6.42 Å². The van der Waals surface area contributed by atoms with Crippen LogP contribution >= 0.6 is 0 Å². The molecule has 1 atom stereocenters. The Balaban J connectivity index is 2.66. The quantitative estimate of drug-likeness (QED) is 0.759. The molecule has 3 heteroatoms. The van der Waals surface area contributed by atoms with Gasteiger partial charge in [-0.3, -0.25) is 0 Å². The first kappa shape index (κ1) is 11.7. The van der Waals surface area contributed by atoms with E-state index >= 15 is 0 Å². The number of hydrogen-bond acceptors (Lipinski definition) is 1. The average molecular weight is 209 g/mol. The summed E-state index contributed by atoms with van der Waals surface area (Å²) in [5.41, 5.74) is 6.17. The lowest BCUT2D eigenvalue weighted by molar-refractivity contribution is 0.561. The molecule has 1 aromatic carbocycles. The molecule has 1 aromatic rings. The summed E-state index contributed by atoms with van der Waals surface area (Å²) in [6.45, 7) is 1.73. The Labute approximate surface area is 88.3 Å². The minimum atomic E-state index is -0.571. The van der Waals surface area contributed by atoms with Crippen molar-refractivity contribution in [1.82, 2.24) is 0 Å². The number of halogens is 2. The molecule has 0 aliphatic carbocycles. The molecule has 1 rings (SSSR count). The summed E-state index contributed by atoms with van der Waals surface area (Å²) in [4.78, 5) is 0. The molecule has 0 aliphatic rings. The maximum absolute atomic E-state index is 13.2. The normalized spacial score (nSPS) is 11.7. The minimum Gasteiger partial charge on any atom is -0.327 e. The SMILES string of the molecule is CC#CCC(N)Cc1ccc(F)cc1F. The van der Waals surface area contributed by atoms with Gasteiger partial charge in [0.15, 0.2) is 0 Å². The van der Waals surface area contributed by atoms with Crippen LogP contribution in [0.2, 0.25) is 0 Å². The molecule has 0 heterocycles. The van der Waals surface area contributed by atoms with Crippen LogP contribution in [0.1, 0.15) is 18.9 Å². The van der Waals surface area contributed by atoms with E-state index in [-0.39, 0.29) is 6.04 Å². The molecule has 1 unspecified atom stereocenters. The molecule has 0 aromatic heterocycles. The Morgan fingerprint density at radius 1 is 1.40 bits per heavy atom. The molecule has 0 saturated carbocycles.